The molecular weight excluding hydrogens is 476 g/mol. The van der Waals surface area contributed by atoms with Gasteiger partial charge in [-0.05, 0) is 52.0 Å². The molecule has 36 heavy (non-hydrogen) atoms. The van der Waals surface area contributed by atoms with Crippen LogP contribution in [0.2, 0.25) is 0 Å². The van der Waals surface area contributed by atoms with Gasteiger partial charge in [0.15, 0.2) is 0 Å². The van der Waals surface area contributed by atoms with Crippen LogP contribution in [0.5, 0.6) is 0 Å². The number of nitrogens with one attached hydrogen (secondary N) is 4. The molecule has 4 amide bonds. The van der Waals surface area contributed by atoms with E-state index in [-0.39, 0.29) is 25.2 Å². The highest BCUT2D eigenvalue weighted by Crippen LogP contribution is 2.07. The number of carbonyl (C=O) groups is 6. The number of aliphatic carboxylic acids is 2. The van der Waals surface area contributed by atoms with Crippen molar-refractivity contribution in [2.75, 3.05) is 6.54 Å². The summed E-state index contributed by atoms with van der Waals surface area (Å²) in [4.78, 5) is 72.1. The van der Waals surface area contributed by atoms with E-state index in [0.717, 1.165) is 0 Å². The molecule has 0 aromatic carbocycles. The molecule has 0 aromatic rings. The largest absolute Gasteiger partial charge is 0.481 e. The van der Waals surface area contributed by atoms with Gasteiger partial charge in [0.2, 0.25) is 23.6 Å². The zero-order valence-corrected chi connectivity index (χ0v) is 21.2. The molecule has 14 heteroatoms. The van der Waals surface area contributed by atoms with Gasteiger partial charge in [-0.3, -0.25) is 28.8 Å². The molecule has 0 rings (SSSR count). The minimum Gasteiger partial charge on any atom is -0.481 e. The molecule has 0 radical (unpaired) electrons. The van der Waals surface area contributed by atoms with Gasteiger partial charge in [0.1, 0.15) is 24.2 Å². The zero-order chi connectivity index (χ0) is 28.0. The number of carboxylic acids is 2. The lowest BCUT2D eigenvalue weighted by atomic mass is 10.0. The first-order valence-electron chi connectivity index (χ1n) is 11.8. The van der Waals surface area contributed by atoms with Crippen molar-refractivity contribution >= 4 is 35.6 Å². The molecule has 0 bridgehead atoms. The third-order valence-electron chi connectivity index (χ3n) is 5.31. The van der Waals surface area contributed by atoms with Gasteiger partial charge in [-0.15, -0.1) is 0 Å². The average Bonchev–Trinajstić information content (AvgIpc) is 2.79. The first-order valence-corrected chi connectivity index (χ1v) is 11.8. The number of carbonyl (C=O) groups excluding carboxylic acids is 4. The van der Waals surface area contributed by atoms with E-state index in [2.05, 4.69) is 21.3 Å². The second kappa shape index (κ2) is 16.4. The molecule has 14 nitrogen and oxygen atoms in total. The summed E-state index contributed by atoms with van der Waals surface area (Å²) in [6.07, 6.45) is 0.845. The zero-order valence-electron chi connectivity index (χ0n) is 21.2. The third kappa shape index (κ3) is 12.4. The fraction of sp³-hybridized carbons (Fsp3) is 0.727. The number of nitrogens with two attached hydrogens (primary N) is 2. The lowest BCUT2D eigenvalue weighted by Crippen LogP contribution is -2.58. The standard InChI is InChI=1S/C22H40N6O8/c1-11(2)17(21(34)26-13(4)22(35)36)28-20(33)15(7-5-6-10-23)27-18(31)12(3)25-19(32)14(24)8-9-16(29)30/h11-15,17H,5-10,23-24H2,1-4H3,(H,25,32)(H,26,34)(H,27,31)(H,28,33)(H,29,30)(H,35,36)/t12-,13-,14-,15-,17-/m0/s1. The molecule has 0 aromatic heterocycles. The lowest BCUT2D eigenvalue weighted by molar-refractivity contribution is -0.142. The Bertz CT molecular complexity index is 791. The van der Waals surface area contributed by atoms with Crippen molar-refractivity contribution in [2.45, 2.75) is 90.0 Å². The van der Waals surface area contributed by atoms with Crippen LogP contribution in [0.1, 0.15) is 59.8 Å². The van der Waals surface area contributed by atoms with Gasteiger partial charge < -0.3 is 42.9 Å². The predicted molar refractivity (Wildman–Crippen MR) is 129 cm³/mol. The maximum absolute atomic E-state index is 13.0. The van der Waals surface area contributed by atoms with Crippen LogP contribution >= 0.6 is 0 Å². The van der Waals surface area contributed by atoms with E-state index in [1.54, 1.807) is 13.8 Å². The van der Waals surface area contributed by atoms with E-state index in [4.69, 9.17) is 21.7 Å². The maximum atomic E-state index is 13.0. The van der Waals surface area contributed by atoms with Crippen LogP contribution in [0, 0.1) is 5.92 Å². The molecule has 0 saturated heterocycles. The van der Waals surface area contributed by atoms with E-state index in [1.807, 2.05) is 0 Å². The van der Waals surface area contributed by atoms with Gasteiger partial charge in [-0.2, -0.15) is 0 Å². The number of amides is 4. The minimum atomic E-state index is -1.23. The van der Waals surface area contributed by atoms with E-state index in [9.17, 15) is 28.8 Å². The summed E-state index contributed by atoms with van der Waals surface area (Å²) in [5.74, 6) is -5.48. The molecule has 206 valence electrons. The summed E-state index contributed by atoms with van der Waals surface area (Å²) in [6, 6.07) is -5.49. The van der Waals surface area contributed by atoms with Crippen LogP contribution in [0.25, 0.3) is 0 Å². The smallest absolute Gasteiger partial charge is 0.325 e. The van der Waals surface area contributed by atoms with Gasteiger partial charge >= 0.3 is 11.9 Å². The minimum absolute atomic E-state index is 0.112. The highest BCUT2D eigenvalue weighted by molar-refractivity contribution is 5.95. The first-order chi connectivity index (χ1) is 16.7. The van der Waals surface area contributed by atoms with Crippen molar-refractivity contribution in [3.63, 3.8) is 0 Å². The molecule has 0 aliphatic carbocycles. The summed E-state index contributed by atoms with van der Waals surface area (Å²) in [6.45, 7) is 6.38. The lowest BCUT2D eigenvalue weighted by Gasteiger charge is -2.27. The Balaban J connectivity index is 5.32. The van der Waals surface area contributed by atoms with E-state index in [0.29, 0.717) is 19.4 Å². The summed E-state index contributed by atoms with van der Waals surface area (Å²) in [7, 11) is 0. The molecule has 10 N–H and O–H groups in total. The number of carboxylic acid groups (broad SMARTS) is 2. The van der Waals surface area contributed by atoms with Crippen molar-refractivity contribution in [3.05, 3.63) is 0 Å². The molecule has 0 aliphatic heterocycles. The van der Waals surface area contributed by atoms with Crippen LogP contribution < -0.4 is 32.7 Å². The van der Waals surface area contributed by atoms with Crippen LogP contribution in [-0.4, -0.2) is 82.5 Å². The van der Waals surface area contributed by atoms with Gasteiger partial charge in [-0.25, -0.2) is 0 Å². The van der Waals surface area contributed by atoms with Crippen LogP contribution in [0.15, 0.2) is 0 Å². The summed E-state index contributed by atoms with van der Waals surface area (Å²) in [5, 5.41) is 27.5. The molecule has 0 saturated carbocycles. The molecule has 0 fully saturated rings. The Morgan fingerprint density at radius 1 is 0.722 bits per heavy atom. The quantitative estimate of drug-likeness (QED) is 0.0990. The van der Waals surface area contributed by atoms with Crippen molar-refractivity contribution in [1.82, 2.24) is 21.3 Å². The average molecular weight is 517 g/mol. The Kier molecular flexibility index (Phi) is 14.9. The van der Waals surface area contributed by atoms with Gasteiger partial charge in [-0.1, -0.05) is 13.8 Å². The molecule has 5 atom stereocenters. The SMILES string of the molecule is CC(C)[C@H](NC(=O)[C@H](CCCCN)NC(=O)[C@H](C)NC(=O)[C@@H](N)CCC(=O)O)C(=O)N[C@@H](C)C(=O)O. The summed E-state index contributed by atoms with van der Waals surface area (Å²) >= 11 is 0. The van der Waals surface area contributed by atoms with E-state index < -0.39 is 65.8 Å². The molecule has 0 aliphatic rings. The first kappa shape index (κ1) is 32.7. The van der Waals surface area contributed by atoms with Crippen molar-refractivity contribution in [2.24, 2.45) is 17.4 Å². The topological polar surface area (TPSA) is 243 Å². The van der Waals surface area contributed by atoms with Crippen LogP contribution in [0.4, 0.5) is 0 Å². The highest BCUT2D eigenvalue weighted by atomic mass is 16.4. The second-order valence-electron chi connectivity index (χ2n) is 8.91. The van der Waals surface area contributed by atoms with Crippen LogP contribution in [-0.2, 0) is 28.8 Å². The normalized spacial score (nSPS) is 15.1. The molecule has 0 heterocycles. The Hall–Kier alpha value is -3.26. The Labute approximate surface area is 210 Å². The van der Waals surface area contributed by atoms with E-state index >= 15 is 0 Å². The number of hydrogen-bond acceptors (Lipinski definition) is 8. The maximum Gasteiger partial charge on any atom is 0.325 e. The molecule has 0 unspecified atom stereocenters. The summed E-state index contributed by atoms with van der Waals surface area (Å²) < 4.78 is 0. The predicted octanol–water partition coefficient (Wildman–Crippen LogP) is -1.97. The van der Waals surface area contributed by atoms with Gasteiger partial charge in [0.05, 0.1) is 6.04 Å². The molecular formula is C22H40N6O8. The van der Waals surface area contributed by atoms with E-state index in [1.165, 1.54) is 13.8 Å². The molecule has 0 spiro atoms. The van der Waals surface area contributed by atoms with Gasteiger partial charge in [0.25, 0.3) is 0 Å². The van der Waals surface area contributed by atoms with Crippen molar-refractivity contribution in [3.8, 4) is 0 Å². The monoisotopic (exact) mass is 516 g/mol. The van der Waals surface area contributed by atoms with Gasteiger partial charge in [0, 0.05) is 6.42 Å². The van der Waals surface area contributed by atoms with Crippen molar-refractivity contribution in [1.29, 1.82) is 0 Å². The third-order valence-corrected chi connectivity index (χ3v) is 5.31. The number of rotatable bonds is 17. The van der Waals surface area contributed by atoms with Crippen LogP contribution in [0.3, 0.4) is 0 Å². The van der Waals surface area contributed by atoms with Crippen molar-refractivity contribution < 1.29 is 39.0 Å². The fourth-order valence-electron chi connectivity index (χ4n) is 3.01. The number of unbranched alkanes of at least 4 members (excludes halogenated alkanes) is 1. The second-order valence-corrected chi connectivity index (χ2v) is 8.91. The Morgan fingerprint density at radius 2 is 1.31 bits per heavy atom. The number of hydrogen-bond donors (Lipinski definition) is 8. The Morgan fingerprint density at radius 3 is 1.81 bits per heavy atom. The fourth-order valence-corrected chi connectivity index (χ4v) is 3.01. The highest BCUT2D eigenvalue weighted by Gasteiger charge is 2.31. The summed E-state index contributed by atoms with van der Waals surface area (Å²) in [5.41, 5.74) is 11.2.